The van der Waals surface area contributed by atoms with Gasteiger partial charge in [0.15, 0.2) is 0 Å². The number of rotatable bonds is 3. The first-order chi connectivity index (χ1) is 11.0. The zero-order valence-corrected chi connectivity index (χ0v) is 13.7. The van der Waals surface area contributed by atoms with Crippen LogP contribution in [0.4, 0.5) is 10.1 Å². The normalized spacial score (nSPS) is 25.9. The molecule has 0 bridgehead atoms. The number of nitrogens with one attached hydrogen (secondary N) is 1. The molecule has 2 saturated heterocycles. The quantitative estimate of drug-likeness (QED) is 0.916. The average molecular weight is 321 g/mol. The van der Waals surface area contributed by atoms with Crippen molar-refractivity contribution >= 4 is 11.6 Å². The van der Waals surface area contributed by atoms with Gasteiger partial charge < -0.3 is 10.1 Å². The molecule has 0 spiro atoms. The van der Waals surface area contributed by atoms with E-state index in [-0.39, 0.29) is 11.7 Å². The molecule has 0 radical (unpaired) electrons. The second-order valence-corrected chi connectivity index (χ2v) is 6.53. The molecule has 1 aromatic rings. The van der Waals surface area contributed by atoms with Gasteiger partial charge in [-0.05, 0) is 31.5 Å². The fraction of sp³-hybridized carbons (Fsp3) is 0.588. The van der Waals surface area contributed by atoms with Crippen LogP contribution in [0.2, 0.25) is 0 Å². The lowest BCUT2D eigenvalue weighted by atomic mass is 10.1. The minimum Gasteiger partial charge on any atom is -0.378 e. The Balaban J connectivity index is 1.53. The smallest absolute Gasteiger partial charge is 0.238 e. The first-order valence-corrected chi connectivity index (χ1v) is 8.15. The lowest BCUT2D eigenvalue weighted by Crippen LogP contribution is -2.61. The molecule has 1 aromatic carbocycles. The molecule has 3 rings (SSSR count). The number of piperazine rings is 1. The number of hydrogen-bond acceptors (Lipinski definition) is 4. The van der Waals surface area contributed by atoms with Gasteiger partial charge in [-0.1, -0.05) is 6.07 Å². The molecular formula is C17H24FN3O2. The van der Waals surface area contributed by atoms with Crippen molar-refractivity contribution in [2.45, 2.75) is 25.9 Å². The third-order valence-electron chi connectivity index (χ3n) is 4.67. The van der Waals surface area contributed by atoms with Crippen LogP contribution in [0.3, 0.4) is 0 Å². The summed E-state index contributed by atoms with van der Waals surface area (Å²) in [5.74, 6) is -0.406. The van der Waals surface area contributed by atoms with E-state index in [4.69, 9.17) is 4.74 Å². The number of carbonyl (C=O) groups excluding carboxylic acids is 1. The Labute approximate surface area is 136 Å². The van der Waals surface area contributed by atoms with E-state index < -0.39 is 0 Å². The molecule has 2 fully saturated rings. The number of nitrogens with zero attached hydrogens (tertiary/aromatic N) is 2. The van der Waals surface area contributed by atoms with Gasteiger partial charge >= 0.3 is 0 Å². The van der Waals surface area contributed by atoms with E-state index in [0.29, 0.717) is 29.9 Å². The Morgan fingerprint density at radius 3 is 3.00 bits per heavy atom. The highest BCUT2D eigenvalue weighted by Gasteiger charge is 2.33. The summed E-state index contributed by atoms with van der Waals surface area (Å²) in [6.45, 7) is 8.39. The Kier molecular flexibility index (Phi) is 4.94. The maximum Gasteiger partial charge on any atom is 0.238 e. The van der Waals surface area contributed by atoms with Gasteiger partial charge in [0.25, 0.3) is 0 Å². The number of anilines is 1. The summed E-state index contributed by atoms with van der Waals surface area (Å²) < 4.78 is 19.1. The molecular weight excluding hydrogens is 297 g/mol. The molecule has 2 aliphatic rings. The van der Waals surface area contributed by atoms with Gasteiger partial charge in [0.05, 0.1) is 19.8 Å². The minimum atomic E-state index is -0.301. The average Bonchev–Trinajstić information content (AvgIpc) is 2.51. The molecule has 2 atom stereocenters. The molecule has 0 unspecified atom stereocenters. The Morgan fingerprint density at radius 1 is 1.39 bits per heavy atom. The molecule has 0 aromatic heterocycles. The van der Waals surface area contributed by atoms with Crippen molar-refractivity contribution in [2.24, 2.45) is 0 Å². The van der Waals surface area contributed by atoms with Crippen LogP contribution < -0.4 is 5.32 Å². The zero-order chi connectivity index (χ0) is 16.4. The van der Waals surface area contributed by atoms with E-state index in [1.54, 1.807) is 19.1 Å². The van der Waals surface area contributed by atoms with Gasteiger partial charge in [-0.15, -0.1) is 0 Å². The summed E-state index contributed by atoms with van der Waals surface area (Å²) in [6.07, 6.45) is 0. The second kappa shape index (κ2) is 6.95. The molecule has 6 heteroatoms. The predicted octanol–water partition coefficient (Wildman–Crippen LogP) is 1.48. The SMILES string of the molecule is Cc1ccc(NC(=O)CN2CCN3[C@@H](COC[C@@H]3C)C2)cc1F. The number of halogens is 1. The van der Waals surface area contributed by atoms with Crippen molar-refractivity contribution in [2.75, 3.05) is 44.7 Å². The highest BCUT2D eigenvalue weighted by molar-refractivity contribution is 5.92. The van der Waals surface area contributed by atoms with Gasteiger partial charge in [-0.3, -0.25) is 14.6 Å². The van der Waals surface area contributed by atoms with E-state index in [1.165, 1.54) is 6.07 Å². The van der Waals surface area contributed by atoms with Crippen molar-refractivity contribution in [1.82, 2.24) is 9.80 Å². The Hall–Kier alpha value is -1.50. The molecule has 0 aliphatic carbocycles. The number of hydrogen-bond donors (Lipinski definition) is 1. The van der Waals surface area contributed by atoms with Gasteiger partial charge in [0, 0.05) is 37.4 Å². The summed E-state index contributed by atoms with van der Waals surface area (Å²) in [5.41, 5.74) is 1.08. The van der Waals surface area contributed by atoms with Crippen LogP contribution in [0.1, 0.15) is 12.5 Å². The van der Waals surface area contributed by atoms with Crippen LogP contribution in [0, 0.1) is 12.7 Å². The third kappa shape index (κ3) is 3.88. The molecule has 5 nitrogen and oxygen atoms in total. The number of fused-ring (bicyclic) bond motifs is 1. The fourth-order valence-corrected chi connectivity index (χ4v) is 3.35. The molecule has 126 valence electrons. The lowest BCUT2D eigenvalue weighted by Gasteiger charge is -2.46. The zero-order valence-electron chi connectivity index (χ0n) is 13.7. The van der Waals surface area contributed by atoms with Crippen molar-refractivity contribution in [3.05, 3.63) is 29.6 Å². The van der Waals surface area contributed by atoms with Crippen molar-refractivity contribution < 1.29 is 13.9 Å². The number of ether oxygens (including phenoxy) is 1. The van der Waals surface area contributed by atoms with E-state index in [1.807, 2.05) is 0 Å². The summed E-state index contributed by atoms with van der Waals surface area (Å²) in [4.78, 5) is 16.8. The topological polar surface area (TPSA) is 44.8 Å². The molecule has 0 saturated carbocycles. The molecule has 2 heterocycles. The molecule has 1 N–H and O–H groups in total. The van der Waals surface area contributed by atoms with Crippen LogP contribution in [0.5, 0.6) is 0 Å². The van der Waals surface area contributed by atoms with Gasteiger partial charge in [0.1, 0.15) is 5.82 Å². The van der Waals surface area contributed by atoms with Crippen molar-refractivity contribution in [3.63, 3.8) is 0 Å². The number of carbonyl (C=O) groups is 1. The Morgan fingerprint density at radius 2 is 2.22 bits per heavy atom. The highest BCUT2D eigenvalue weighted by atomic mass is 19.1. The van der Waals surface area contributed by atoms with Crippen LogP contribution in [0.15, 0.2) is 18.2 Å². The van der Waals surface area contributed by atoms with Crippen LogP contribution in [-0.4, -0.2) is 67.2 Å². The maximum atomic E-state index is 13.5. The van der Waals surface area contributed by atoms with E-state index >= 15 is 0 Å². The highest BCUT2D eigenvalue weighted by Crippen LogP contribution is 2.18. The second-order valence-electron chi connectivity index (χ2n) is 6.53. The molecule has 23 heavy (non-hydrogen) atoms. The van der Waals surface area contributed by atoms with E-state index in [2.05, 4.69) is 22.0 Å². The standard InChI is InChI=1S/C17H24FN3O2/c1-12-3-4-14(7-16(12)18)19-17(22)9-20-5-6-21-13(2)10-23-11-15(21)8-20/h3-4,7,13,15H,5-6,8-11H2,1-2H3,(H,19,22)/t13-,15+/m0/s1. The Bertz CT molecular complexity index is 581. The summed E-state index contributed by atoms with van der Waals surface area (Å²) in [5, 5.41) is 2.77. The van der Waals surface area contributed by atoms with Crippen molar-refractivity contribution in [1.29, 1.82) is 0 Å². The van der Waals surface area contributed by atoms with Crippen LogP contribution in [-0.2, 0) is 9.53 Å². The number of benzene rings is 1. The molecule has 2 aliphatic heterocycles. The number of aryl methyl sites for hydroxylation is 1. The third-order valence-corrected chi connectivity index (χ3v) is 4.67. The molecule has 1 amide bonds. The minimum absolute atomic E-state index is 0.105. The predicted molar refractivity (Wildman–Crippen MR) is 87.0 cm³/mol. The fourth-order valence-electron chi connectivity index (χ4n) is 3.35. The lowest BCUT2D eigenvalue weighted by molar-refractivity contribution is -0.120. The van der Waals surface area contributed by atoms with Gasteiger partial charge in [-0.2, -0.15) is 0 Å². The monoisotopic (exact) mass is 321 g/mol. The van der Waals surface area contributed by atoms with Crippen molar-refractivity contribution in [3.8, 4) is 0 Å². The maximum absolute atomic E-state index is 13.5. The summed E-state index contributed by atoms with van der Waals surface area (Å²) in [7, 11) is 0. The van der Waals surface area contributed by atoms with E-state index in [9.17, 15) is 9.18 Å². The first-order valence-electron chi connectivity index (χ1n) is 8.15. The van der Waals surface area contributed by atoms with Crippen LogP contribution >= 0.6 is 0 Å². The van der Waals surface area contributed by atoms with Gasteiger partial charge in [-0.25, -0.2) is 4.39 Å². The summed E-state index contributed by atoms with van der Waals surface area (Å²) >= 11 is 0. The largest absolute Gasteiger partial charge is 0.378 e. The summed E-state index contributed by atoms with van der Waals surface area (Å²) in [6, 6.07) is 5.56. The first kappa shape index (κ1) is 16.4. The van der Waals surface area contributed by atoms with Crippen LogP contribution in [0.25, 0.3) is 0 Å². The van der Waals surface area contributed by atoms with E-state index in [0.717, 1.165) is 32.8 Å². The van der Waals surface area contributed by atoms with Gasteiger partial charge in [0.2, 0.25) is 5.91 Å². The number of morpholine rings is 1. The number of amides is 1.